The Morgan fingerprint density at radius 2 is 2.20 bits per heavy atom. The molecule has 0 aliphatic carbocycles. The fourth-order valence-electron chi connectivity index (χ4n) is 1.81. The van der Waals surface area contributed by atoms with Gasteiger partial charge in [-0.05, 0) is 24.6 Å². The van der Waals surface area contributed by atoms with Crippen molar-refractivity contribution >= 4 is 16.8 Å². The normalized spacial score (nSPS) is 11.3. The van der Waals surface area contributed by atoms with E-state index in [-0.39, 0.29) is 5.75 Å². The number of hydrogen-bond acceptors (Lipinski definition) is 3. The number of aromatic hydroxyl groups is 1. The Labute approximate surface area is 85.8 Å². The van der Waals surface area contributed by atoms with Gasteiger partial charge in [0.05, 0.1) is 11.0 Å². The molecule has 0 spiro atoms. The number of imidazole rings is 1. The van der Waals surface area contributed by atoms with Gasteiger partial charge in [0, 0.05) is 18.5 Å². The van der Waals surface area contributed by atoms with Gasteiger partial charge in [-0.3, -0.25) is 4.40 Å². The summed E-state index contributed by atoms with van der Waals surface area (Å²) in [5.41, 5.74) is 2.72. The largest absolute Gasteiger partial charge is 0.508 e. The van der Waals surface area contributed by atoms with Crippen molar-refractivity contribution in [2.75, 3.05) is 0 Å². The zero-order chi connectivity index (χ0) is 10.4. The minimum absolute atomic E-state index is 0.255. The second kappa shape index (κ2) is 2.70. The van der Waals surface area contributed by atoms with Gasteiger partial charge in [0.15, 0.2) is 0 Å². The third-order valence-corrected chi connectivity index (χ3v) is 2.46. The number of phenols is 1. The number of aromatic nitrogens is 3. The first kappa shape index (κ1) is 8.23. The van der Waals surface area contributed by atoms with Crippen LogP contribution in [-0.2, 0) is 0 Å². The van der Waals surface area contributed by atoms with Crippen LogP contribution in [0.1, 0.15) is 5.56 Å². The first-order valence-electron chi connectivity index (χ1n) is 4.68. The highest BCUT2D eigenvalue weighted by molar-refractivity contribution is 5.83. The number of nitrogens with zero attached hydrogens (tertiary/aromatic N) is 3. The van der Waals surface area contributed by atoms with Crippen molar-refractivity contribution in [1.29, 1.82) is 0 Å². The monoisotopic (exact) mass is 199 g/mol. The zero-order valence-electron chi connectivity index (χ0n) is 8.18. The fourth-order valence-corrected chi connectivity index (χ4v) is 1.81. The molecule has 0 amide bonds. The van der Waals surface area contributed by atoms with Gasteiger partial charge in [-0.15, -0.1) is 0 Å². The molecular formula is C11H9N3O. The lowest BCUT2D eigenvalue weighted by Gasteiger charge is -1.97. The molecule has 1 N–H and O–H groups in total. The van der Waals surface area contributed by atoms with E-state index in [9.17, 15) is 5.11 Å². The Hall–Kier alpha value is -2.10. The van der Waals surface area contributed by atoms with Crippen LogP contribution in [-0.4, -0.2) is 19.5 Å². The van der Waals surface area contributed by atoms with Crippen LogP contribution in [0.15, 0.2) is 30.6 Å². The summed E-state index contributed by atoms with van der Waals surface area (Å²) in [6, 6.07) is 5.24. The Morgan fingerprint density at radius 3 is 3.07 bits per heavy atom. The van der Waals surface area contributed by atoms with Crippen molar-refractivity contribution in [3.8, 4) is 5.75 Å². The van der Waals surface area contributed by atoms with E-state index in [2.05, 4.69) is 9.97 Å². The van der Waals surface area contributed by atoms with E-state index in [0.29, 0.717) is 5.78 Å². The molecule has 0 radical (unpaired) electrons. The van der Waals surface area contributed by atoms with Crippen LogP contribution in [0.5, 0.6) is 5.75 Å². The molecule has 15 heavy (non-hydrogen) atoms. The molecule has 3 aromatic rings. The molecule has 0 unspecified atom stereocenters. The van der Waals surface area contributed by atoms with Gasteiger partial charge in [0.25, 0.3) is 0 Å². The summed E-state index contributed by atoms with van der Waals surface area (Å²) in [6.07, 6.45) is 3.59. The third kappa shape index (κ3) is 1.08. The van der Waals surface area contributed by atoms with Crippen molar-refractivity contribution in [1.82, 2.24) is 14.4 Å². The van der Waals surface area contributed by atoms with Crippen molar-refractivity contribution in [2.45, 2.75) is 6.92 Å². The molecular weight excluding hydrogens is 190 g/mol. The summed E-state index contributed by atoms with van der Waals surface area (Å²) in [5, 5.41) is 9.53. The molecule has 4 heteroatoms. The van der Waals surface area contributed by atoms with Gasteiger partial charge in [0.2, 0.25) is 5.78 Å². The average molecular weight is 199 g/mol. The number of fused-ring (bicyclic) bond motifs is 3. The van der Waals surface area contributed by atoms with E-state index in [1.54, 1.807) is 18.3 Å². The van der Waals surface area contributed by atoms with Gasteiger partial charge in [-0.1, -0.05) is 0 Å². The number of rotatable bonds is 0. The van der Waals surface area contributed by atoms with E-state index < -0.39 is 0 Å². The lowest BCUT2D eigenvalue weighted by Crippen LogP contribution is -1.85. The summed E-state index contributed by atoms with van der Waals surface area (Å²) in [4.78, 5) is 8.56. The lowest BCUT2D eigenvalue weighted by atomic mass is 10.2. The molecule has 2 heterocycles. The Bertz CT molecular complexity index is 657. The average Bonchev–Trinajstić information content (AvgIpc) is 2.57. The molecule has 1 aromatic carbocycles. The molecule has 0 saturated carbocycles. The first-order chi connectivity index (χ1) is 7.25. The Morgan fingerprint density at radius 1 is 1.33 bits per heavy atom. The predicted octanol–water partition coefficient (Wildman–Crippen LogP) is 1.90. The van der Waals surface area contributed by atoms with E-state index >= 15 is 0 Å². The molecule has 0 saturated heterocycles. The van der Waals surface area contributed by atoms with E-state index in [1.807, 2.05) is 23.6 Å². The highest BCUT2D eigenvalue weighted by atomic mass is 16.3. The van der Waals surface area contributed by atoms with Crippen molar-refractivity contribution in [3.05, 3.63) is 36.2 Å². The van der Waals surface area contributed by atoms with Crippen molar-refractivity contribution in [2.24, 2.45) is 0 Å². The summed E-state index contributed by atoms with van der Waals surface area (Å²) in [5.74, 6) is 0.909. The number of phenolic OH excluding ortho intramolecular Hbond substituents is 1. The third-order valence-electron chi connectivity index (χ3n) is 2.46. The van der Waals surface area contributed by atoms with Gasteiger partial charge < -0.3 is 5.11 Å². The molecule has 0 atom stereocenters. The molecule has 4 nitrogen and oxygen atoms in total. The van der Waals surface area contributed by atoms with E-state index in [1.165, 1.54) is 0 Å². The van der Waals surface area contributed by atoms with E-state index in [0.717, 1.165) is 16.6 Å². The Kier molecular flexibility index (Phi) is 1.48. The fraction of sp³-hybridized carbons (Fsp3) is 0.0909. The Balaban J connectivity index is 2.61. The van der Waals surface area contributed by atoms with Gasteiger partial charge >= 0.3 is 0 Å². The minimum Gasteiger partial charge on any atom is -0.508 e. The number of hydrogen-bond donors (Lipinski definition) is 1. The standard InChI is InChI=1S/C11H9N3O/c1-7-5-8(15)6-9-10(7)13-11-12-3-2-4-14(9)11/h2-6,15H,1H3. The smallest absolute Gasteiger partial charge is 0.234 e. The summed E-state index contributed by atoms with van der Waals surface area (Å²) in [6.45, 7) is 1.93. The second-order valence-corrected chi connectivity index (χ2v) is 3.53. The van der Waals surface area contributed by atoms with Gasteiger partial charge in [-0.2, -0.15) is 0 Å². The van der Waals surface area contributed by atoms with Crippen LogP contribution >= 0.6 is 0 Å². The maximum absolute atomic E-state index is 9.53. The van der Waals surface area contributed by atoms with Crippen molar-refractivity contribution < 1.29 is 5.11 Å². The van der Waals surface area contributed by atoms with Crippen molar-refractivity contribution in [3.63, 3.8) is 0 Å². The maximum atomic E-state index is 9.53. The first-order valence-corrected chi connectivity index (χ1v) is 4.68. The van der Waals surface area contributed by atoms with Crippen LogP contribution in [0, 0.1) is 6.92 Å². The zero-order valence-corrected chi connectivity index (χ0v) is 8.18. The van der Waals surface area contributed by atoms with Crippen LogP contribution < -0.4 is 0 Å². The molecule has 74 valence electrons. The van der Waals surface area contributed by atoms with Crippen LogP contribution in [0.25, 0.3) is 16.8 Å². The maximum Gasteiger partial charge on any atom is 0.234 e. The quantitative estimate of drug-likeness (QED) is 0.601. The molecule has 0 aliphatic heterocycles. The van der Waals surface area contributed by atoms with Gasteiger partial charge in [0.1, 0.15) is 5.75 Å². The predicted molar refractivity (Wildman–Crippen MR) is 56.9 cm³/mol. The van der Waals surface area contributed by atoms with Crippen LogP contribution in [0.3, 0.4) is 0 Å². The van der Waals surface area contributed by atoms with Gasteiger partial charge in [-0.25, -0.2) is 9.97 Å². The minimum atomic E-state index is 0.255. The molecule has 0 bridgehead atoms. The molecule has 0 fully saturated rings. The molecule has 3 rings (SSSR count). The summed E-state index contributed by atoms with van der Waals surface area (Å²) < 4.78 is 1.86. The summed E-state index contributed by atoms with van der Waals surface area (Å²) in [7, 11) is 0. The molecule has 0 aliphatic rings. The topological polar surface area (TPSA) is 50.4 Å². The summed E-state index contributed by atoms with van der Waals surface area (Å²) >= 11 is 0. The van der Waals surface area contributed by atoms with E-state index in [4.69, 9.17) is 0 Å². The van der Waals surface area contributed by atoms with Crippen LogP contribution in [0.4, 0.5) is 0 Å². The number of aryl methyl sites for hydroxylation is 1. The molecule has 2 aromatic heterocycles. The second-order valence-electron chi connectivity index (χ2n) is 3.53. The highest BCUT2D eigenvalue weighted by Gasteiger charge is 2.07. The lowest BCUT2D eigenvalue weighted by molar-refractivity contribution is 0.475. The van der Waals surface area contributed by atoms with Crippen LogP contribution in [0.2, 0.25) is 0 Å². The highest BCUT2D eigenvalue weighted by Crippen LogP contribution is 2.23. The number of benzene rings is 1. The SMILES string of the molecule is Cc1cc(O)cc2c1nc1ncccn12.